The molecule has 2 aromatic rings. The maximum Gasteiger partial charge on any atom is 0.317 e. The topological polar surface area (TPSA) is 80.5 Å². The number of rotatable bonds is 5. The van der Waals surface area contributed by atoms with Crippen molar-refractivity contribution in [2.24, 2.45) is 0 Å². The van der Waals surface area contributed by atoms with Gasteiger partial charge in [-0.25, -0.2) is 9.18 Å². The van der Waals surface area contributed by atoms with E-state index >= 15 is 0 Å². The van der Waals surface area contributed by atoms with Crippen LogP contribution >= 0.6 is 0 Å². The molecule has 1 aromatic heterocycles. The van der Waals surface area contributed by atoms with E-state index < -0.39 is 0 Å². The van der Waals surface area contributed by atoms with Gasteiger partial charge in [0.25, 0.3) is 0 Å². The van der Waals surface area contributed by atoms with Gasteiger partial charge in [-0.3, -0.25) is 0 Å². The van der Waals surface area contributed by atoms with Crippen molar-refractivity contribution in [2.45, 2.75) is 25.2 Å². The second kappa shape index (κ2) is 7.96. The van der Waals surface area contributed by atoms with Gasteiger partial charge in [0.15, 0.2) is 5.82 Å². The monoisotopic (exact) mass is 348 g/mol. The number of hydrogen-bond donors (Lipinski definition) is 1. The van der Waals surface area contributed by atoms with Crippen molar-refractivity contribution in [3.05, 3.63) is 41.8 Å². The van der Waals surface area contributed by atoms with Crippen LogP contribution in [0.5, 0.6) is 5.75 Å². The zero-order valence-electron chi connectivity index (χ0n) is 14.1. The molecule has 1 aliphatic rings. The minimum atomic E-state index is -0.298. The van der Waals surface area contributed by atoms with Crippen LogP contribution in [0.1, 0.15) is 30.5 Å². The van der Waals surface area contributed by atoms with Crippen molar-refractivity contribution >= 4 is 6.03 Å². The Balaban J connectivity index is 1.51. The van der Waals surface area contributed by atoms with E-state index in [1.54, 1.807) is 24.1 Å². The molecule has 25 heavy (non-hydrogen) atoms. The first-order chi connectivity index (χ1) is 12.2. The summed E-state index contributed by atoms with van der Waals surface area (Å²) in [5, 5.41) is 6.62. The molecule has 3 rings (SSSR count). The number of hydrogen-bond acceptors (Lipinski definition) is 5. The average Bonchev–Trinajstić information content (AvgIpc) is 3.12. The zero-order chi connectivity index (χ0) is 17.6. The summed E-state index contributed by atoms with van der Waals surface area (Å²) in [5.41, 5.74) is 0. The first kappa shape index (κ1) is 17.2. The Morgan fingerprint density at radius 3 is 3.00 bits per heavy atom. The number of nitrogens with one attached hydrogen (secondary N) is 1. The number of amides is 2. The Bertz CT molecular complexity index is 704. The fraction of sp³-hybridized carbons (Fsp3) is 0.471. The van der Waals surface area contributed by atoms with Gasteiger partial charge in [-0.2, -0.15) is 4.98 Å². The van der Waals surface area contributed by atoms with Crippen LogP contribution in [0.2, 0.25) is 0 Å². The van der Waals surface area contributed by atoms with Gasteiger partial charge in [-0.1, -0.05) is 5.16 Å². The maximum absolute atomic E-state index is 12.8. The third-order valence-electron chi connectivity index (χ3n) is 4.16. The molecule has 1 aliphatic heterocycles. The quantitative estimate of drug-likeness (QED) is 0.897. The highest BCUT2D eigenvalue weighted by atomic mass is 19.1. The number of carbonyl (C=O) groups is 1. The van der Waals surface area contributed by atoms with E-state index in [0.717, 1.165) is 19.4 Å². The van der Waals surface area contributed by atoms with Crippen LogP contribution in [0.25, 0.3) is 0 Å². The van der Waals surface area contributed by atoms with E-state index in [1.807, 2.05) is 0 Å². The van der Waals surface area contributed by atoms with E-state index in [9.17, 15) is 9.18 Å². The molecule has 1 N–H and O–H groups in total. The summed E-state index contributed by atoms with van der Waals surface area (Å²) in [6, 6.07) is 5.77. The molecule has 0 spiro atoms. The minimum Gasteiger partial charge on any atom is -0.493 e. The van der Waals surface area contributed by atoms with Crippen molar-refractivity contribution in [1.29, 1.82) is 0 Å². The number of carbonyl (C=O) groups excluding carboxylic acids is 1. The first-order valence-electron chi connectivity index (χ1n) is 8.33. The third kappa shape index (κ3) is 4.46. The molecule has 0 radical (unpaired) electrons. The molecule has 1 atom stereocenters. The van der Waals surface area contributed by atoms with E-state index in [1.165, 1.54) is 12.1 Å². The lowest BCUT2D eigenvalue weighted by atomic mass is 9.98. The summed E-state index contributed by atoms with van der Waals surface area (Å²) in [4.78, 5) is 17.9. The molecule has 2 heterocycles. The third-order valence-corrected chi connectivity index (χ3v) is 4.16. The van der Waals surface area contributed by atoms with Crippen molar-refractivity contribution < 1.29 is 18.4 Å². The van der Waals surface area contributed by atoms with Crippen LogP contribution in [0.15, 0.2) is 28.8 Å². The molecule has 2 amide bonds. The number of piperidine rings is 1. The fourth-order valence-electron chi connectivity index (χ4n) is 2.85. The highest BCUT2D eigenvalue weighted by Gasteiger charge is 2.28. The van der Waals surface area contributed by atoms with Crippen LogP contribution in [0.4, 0.5) is 9.18 Å². The van der Waals surface area contributed by atoms with Crippen LogP contribution in [0, 0.1) is 5.82 Å². The number of nitrogens with zero attached hydrogens (tertiary/aromatic N) is 3. The minimum absolute atomic E-state index is 0.0605. The van der Waals surface area contributed by atoms with Crippen LogP contribution < -0.4 is 10.1 Å². The van der Waals surface area contributed by atoms with E-state index in [0.29, 0.717) is 37.0 Å². The van der Waals surface area contributed by atoms with Gasteiger partial charge in [-0.05, 0) is 37.1 Å². The largest absolute Gasteiger partial charge is 0.493 e. The molecule has 8 heteroatoms. The van der Waals surface area contributed by atoms with Gasteiger partial charge in [0.1, 0.15) is 11.6 Å². The summed E-state index contributed by atoms with van der Waals surface area (Å²) in [6.07, 6.45) is 2.32. The molecule has 1 fully saturated rings. The Morgan fingerprint density at radius 2 is 2.24 bits per heavy atom. The van der Waals surface area contributed by atoms with Crippen molar-refractivity contribution in [3.8, 4) is 5.75 Å². The highest BCUT2D eigenvalue weighted by Crippen LogP contribution is 2.25. The number of halogens is 1. The standard InChI is InChI=1S/C17H21FN4O3/c1-19-17(23)22-9-2-3-12(11-22)16-20-15(21-25-16)8-10-24-14-6-4-13(18)5-7-14/h4-7,12H,2-3,8-11H2,1H3,(H,19,23). The summed E-state index contributed by atoms with van der Waals surface area (Å²) < 4.78 is 23.7. The number of ether oxygens (including phenoxy) is 1. The molecule has 134 valence electrons. The first-order valence-corrected chi connectivity index (χ1v) is 8.33. The maximum atomic E-state index is 12.8. The molecule has 0 saturated carbocycles. The van der Waals surface area contributed by atoms with Crippen molar-refractivity contribution in [3.63, 3.8) is 0 Å². The molecule has 0 aliphatic carbocycles. The van der Waals surface area contributed by atoms with Crippen LogP contribution in [-0.2, 0) is 6.42 Å². The predicted octanol–water partition coefficient (Wildman–Crippen LogP) is 2.35. The van der Waals surface area contributed by atoms with Crippen LogP contribution in [0.3, 0.4) is 0 Å². The van der Waals surface area contributed by atoms with Crippen molar-refractivity contribution in [2.75, 3.05) is 26.7 Å². The summed E-state index contributed by atoms with van der Waals surface area (Å²) in [5.74, 6) is 1.48. The van der Waals surface area contributed by atoms with Gasteiger partial charge in [0.05, 0.1) is 12.5 Å². The molecular weight excluding hydrogens is 327 g/mol. The lowest BCUT2D eigenvalue weighted by molar-refractivity contribution is 0.174. The van der Waals surface area contributed by atoms with E-state index in [2.05, 4.69) is 15.5 Å². The Kier molecular flexibility index (Phi) is 5.47. The van der Waals surface area contributed by atoms with Gasteiger partial charge in [0, 0.05) is 26.6 Å². The zero-order valence-corrected chi connectivity index (χ0v) is 14.1. The summed E-state index contributed by atoms with van der Waals surface area (Å²) >= 11 is 0. The number of aromatic nitrogens is 2. The number of likely N-dealkylation sites (tertiary alicyclic amines) is 1. The van der Waals surface area contributed by atoms with Gasteiger partial charge < -0.3 is 19.5 Å². The second-order valence-electron chi connectivity index (χ2n) is 5.94. The molecule has 7 nitrogen and oxygen atoms in total. The lowest BCUT2D eigenvalue weighted by Gasteiger charge is -2.30. The summed E-state index contributed by atoms with van der Waals surface area (Å²) in [7, 11) is 1.62. The van der Waals surface area contributed by atoms with Crippen molar-refractivity contribution in [1.82, 2.24) is 20.4 Å². The Hall–Kier alpha value is -2.64. The van der Waals surface area contributed by atoms with Gasteiger partial charge in [-0.15, -0.1) is 0 Å². The lowest BCUT2D eigenvalue weighted by Crippen LogP contribution is -2.43. The molecule has 1 saturated heterocycles. The molecule has 1 unspecified atom stereocenters. The Labute approximate surface area is 145 Å². The second-order valence-corrected chi connectivity index (χ2v) is 5.94. The number of urea groups is 1. The predicted molar refractivity (Wildman–Crippen MR) is 87.9 cm³/mol. The normalized spacial score (nSPS) is 17.4. The molecule has 1 aromatic carbocycles. The smallest absolute Gasteiger partial charge is 0.317 e. The fourth-order valence-corrected chi connectivity index (χ4v) is 2.85. The van der Waals surface area contributed by atoms with Crippen LogP contribution in [-0.4, -0.2) is 47.8 Å². The summed E-state index contributed by atoms with van der Waals surface area (Å²) in [6.45, 7) is 1.69. The SMILES string of the molecule is CNC(=O)N1CCCC(c2nc(CCOc3ccc(F)cc3)no2)C1. The highest BCUT2D eigenvalue weighted by molar-refractivity contribution is 5.73. The Morgan fingerprint density at radius 1 is 1.44 bits per heavy atom. The molecular formula is C17H21FN4O3. The average molecular weight is 348 g/mol. The van der Waals surface area contributed by atoms with Gasteiger partial charge >= 0.3 is 6.03 Å². The van der Waals surface area contributed by atoms with E-state index in [4.69, 9.17) is 9.26 Å². The van der Waals surface area contributed by atoms with E-state index in [-0.39, 0.29) is 17.8 Å². The van der Waals surface area contributed by atoms with Gasteiger partial charge in [0.2, 0.25) is 5.89 Å². The number of benzene rings is 1. The molecule has 0 bridgehead atoms.